The van der Waals surface area contributed by atoms with Crippen LogP contribution in [0, 0.1) is 12.7 Å². The summed E-state index contributed by atoms with van der Waals surface area (Å²) in [4.78, 5) is 4.34. The topological polar surface area (TPSA) is 72.0 Å². The van der Waals surface area contributed by atoms with Crippen LogP contribution in [0.3, 0.4) is 0 Å². The molecule has 0 aliphatic heterocycles. The zero-order chi connectivity index (χ0) is 17.8. The minimum absolute atomic E-state index is 0.284. The first kappa shape index (κ1) is 16.9. The molecule has 8 heteroatoms. The van der Waals surface area contributed by atoms with E-state index in [0.717, 1.165) is 5.56 Å². The summed E-state index contributed by atoms with van der Waals surface area (Å²) < 4.78 is 18.3. The van der Waals surface area contributed by atoms with E-state index >= 15 is 0 Å². The second-order valence-electron chi connectivity index (χ2n) is 5.22. The lowest BCUT2D eigenvalue weighted by Gasteiger charge is -2.12. The Kier molecular flexibility index (Phi) is 4.95. The molecule has 0 fully saturated rings. The predicted molar refractivity (Wildman–Crippen MR) is 95.5 cm³/mol. The fourth-order valence-electron chi connectivity index (χ4n) is 2.15. The smallest absolute Gasteiger partial charge is 0.249 e. The summed E-state index contributed by atoms with van der Waals surface area (Å²) in [6, 6.07) is 9.49. The molecule has 1 heterocycles. The predicted octanol–water partition coefficient (Wildman–Crippen LogP) is 4.47. The standard InChI is InChI=1S/C17H15ClFN5O/c1-10-7-14(15(25-2)8-13(10)18)22-17-23-16(9-20-24-17)21-12-5-3-11(19)4-6-12/h3-9H,1-2H3,(H2,21,22,23,24). The van der Waals surface area contributed by atoms with Gasteiger partial charge in [0.25, 0.3) is 0 Å². The Bertz CT molecular complexity index is 889. The van der Waals surface area contributed by atoms with Crippen LogP contribution in [0.2, 0.25) is 5.02 Å². The van der Waals surface area contributed by atoms with Crippen molar-refractivity contribution in [2.75, 3.05) is 17.7 Å². The number of ether oxygens (including phenoxy) is 1. The Morgan fingerprint density at radius 1 is 1.12 bits per heavy atom. The van der Waals surface area contributed by atoms with Crippen molar-refractivity contribution in [3.05, 3.63) is 59.0 Å². The van der Waals surface area contributed by atoms with Gasteiger partial charge in [-0.3, -0.25) is 0 Å². The maximum Gasteiger partial charge on any atom is 0.249 e. The molecule has 0 atom stereocenters. The molecule has 2 N–H and O–H groups in total. The van der Waals surface area contributed by atoms with Crippen LogP contribution in [0.25, 0.3) is 0 Å². The molecule has 0 saturated heterocycles. The Balaban J connectivity index is 1.82. The molecular weight excluding hydrogens is 345 g/mol. The molecule has 0 unspecified atom stereocenters. The first-order valence-electron chi connectivity index (χ1n) is 7.38. The maximum absolute atomic E-state index is 13.0. The van der Waals surface area contributed by atoms with E-state index in [9.17, 15) is 4.39 Å². The molecule has 2 aromatic carbocycles. The van der Waals surface area contributed by atoms with Crippen LogP contribution in [0.1, 0.15) is 5.56 Å². The number of nitrogens with one attached hydrogen (secondary N) is 2. The fraction of sp³-hybridized carbons (Fsp3) is 0.118. The minimum Gasteiger partial charge on any atom is -0.495 e. The van der Waals surface area contributed by atoms with Crippen molar-refractivity contribution in [2.45, 2.75) is 6.92 Å². The lowest BCUT2D eigenvalue weighted by Crippen LogP contribution is -2.03. The van der Waals surface area contributed by atoms with Crippen molar-refractivity contribution in [2.24, 2.45) is 0 Å². The van der Waals surface area contributed by atoms with Crippen LogP contribution in [0.5, 0.6) is 5.75 Å². The van der Waals surface area contributed by atoms with E-state index < -0.39 is 0 Å². The maximum atomic E-state index is 13.0. The third-order valence-electron chi connectivity index (χ3n) is 3.40. The van der Waals surface area contributed by atoms with Crippen LogP contribution >= 0.6 is 11.6 Å². The molecule has 6 nitrogen and oxygen atoms in total. The van der Waals surface area contributed by atoms with E-state index in [0.29, 0.717) is 28.0 Å². The second-order valence-corrected chi connectivity index (χ2v) is 5.63. The number of halogens is 2. The van der Waals surface area contributed by atoms with Gasteiger partial charge in [-0.1, -0.05) is 11.6 Å². The van der Waals surface area contributed by atoms with E-state index in [1.165, 1.54) is 18.3 Å². The normalized spacial score (nSPS) is 10.4. The van der Waals surface area contributed by atoms with Crippen molar-refractivity contribution in [3.8, 4) is 5.75 Å². The molecule has 128 valence electrons. The molecule has 3 rings (SSSR count). The van der Waals surface area contributed by atoms with Gasteiger partial charge in [0.05, 0.1) is 19.0 Å². The van der Waals surface area contributed by atoms with E-state index in [-0.39, 0.29) is 11.8 Å². The van der Waals surface area contributed by atoms with Gasteiger partial charge in [-0.2, -0.15) is 10.1 Å². The first-order valence-corrected chi connectivity index (χ1v) is 7.76. The number of hydrogen-bond acceptors (Lipinski definition) is 6. The molecule has 0 aliphatic carbocycles. The Labute approximate surface area is 149 Å². The fourth-order valence-corrected chi connectivity index (χ4v) is 2.30. The number of rotatable bonds is 5. The third-order valence-corrected chi connectivity index (χ3v) is 3.81. The average molecular weight is 360 g/mol. The molecule has 0 saturated carbocycles. The number of aryl methyl sites for hydroxylation is 1. The summed E-state index contributed by atoms with van der Waals surface area (Å²) in [5.74, 6) is 1.01. The van der Waals surface area contributed by atoms with E-state index in [4.69, 9.17) is 16.3 Å². The molecule has 0 spiro atoms. The molecule has 1 aromatic heterocycles. The van der Waals surface area contributed by atoms with Gasteiger partial charge < -0.3 is 15.4 Å². The summed E-state index contributed by atoms with van der Waals surface area (Å²) in [6.45, 7) is 1.89. The number of nitrogens with zero attached hydrogens (tertiary/aromatic N) is 3. The number of aromatic nitrogens is 3. The number of benzene rings is 2. The van der Waals surface area contributed by atoms with Gasteiger partial charge in [-0.05, 0) is 42.8 Å². The van der Waals surface area contributed by atoms with Gasteiger partial charge in [0, 0.05) is 16.8 Å². The third kappa shape index (κ3) is 4.13. The average Bonchev–Trinajstić information content (AvgIpc) is 2.60. The van der Waals surface area contributed by atoms with E-state index in [1.54, 1.807) is 25.3 Å². The van der Waals surface area contributed by atoms with Gasteiger partial charge in [-0.25, -0.2) is 4.39 Å². The Morgan fingerprint density at radius 2 is 1.88 bits per heavy atom. The molecule has 0 bridgehead atoms. The Hall–Kier alpha value is -2.93. The highest BCUT2D eigenvalue weighted by molar-refractivity contribution is 6.31. The van der Waals surface area contributed by atoms with E-state index in [1.807, 2.05) is 13.0 Å². The van der Waals surface area contributed by atoms with Crippen molar-refractivity contribution in [1.29, 1.82) is 0 Å². The van der Waals surface area contributed by atoms with Crippen LogP contribution < -0.4 is 15.4 Å². The quantitative estimate of drug-likeness (QED) is 0.700. The van der Waals surface area contributed by atoms with Crippen molar-refractivity contribution in [3.63, 3.8) is 0 Å². The van der Waals surface area contributed by atoms with Crippen LogP contribution in [0.15, 0.2) is 42.6 Å². The van der Waals surface area contributed by atoms with Crippen LogP contribution in [-0.2, 0) is 0 Å². The molecule has 25 heavy (non-hydrogen) atoms. The SMILES string of the molecule is COc1cc(Cl)c(C)cc1Nc1nncc(Nc2ccc(F)cc2)n1. The van der Waals surface area contributed by atoms with Crippen molar-refractivity contribution < 1.29 is 9.13 Å². The molecule has 3 aromatic rings. The van der Waals surface area contributed by atoms with Gasteiger partial charge >= 0.3 is 0 Å². The highest BCUT2D eigenvalue weighted by atomic mass is 35.5. The zero-order valence-electron chi connectivity index (χ0n) is 13.5. The number of methoxy groups -OCH3 is 1. The summed E-state index contributed by atoms with van der Waals surface area (Å²) in [7, 11) is 1.55. The van der Waals surface area contributed by atoms with Gasteiger partial charge in [0.2, 0.25) is 5.95 Å². The summed E-state index contributed by atoms with van der Waals surface area (Å²) in [5.41, 5.74) is 2.25. The van der Waals surface area contributed by atoms with E-state index in [2.05, 4.69) is 25.8 Å². The highest BCUT2D eigenvalue weighted by Gasteiger charge is 2.09. The summed E-state index contributed by atoms with van der Waals surface area (Å²) in [5, 5.41) is 14.6. The van der Waals surface area contributed by atoms with Crippen molar-refractivity contribution in [1.82, 2.24) is 15.2 Å². The first-order chi connectivity index (χ1) is 12.0. The second kappa shape index (κ2) is 7.31. The molecule has 0 amide bonds. The summed E-state index contributed by atoms with van der Waals surface area (Å²) >= 11 is 6.11. The largest absolute Gasteiger partial charge is 0.495 e. The van der Waals surface area contributed by atoms with Crippen LogP contribution in [0.4, 0.5) is 27.5 Å². The molecular formula is C17H15ClFN5O. The number of hydrogen-bond donors (Lipinski definition) is 2. The van der Waals surface area contributed by atoms with Gasteiger partial charge in [0.15, 0.2) is 5.82 Å². The molecule has 0 aliphatic rings. The lowest BCUT2D eigenvalue weighted by molar-refractivity contribution is 0.416. The van der Waals surface area contributed by atoms with Crippen molar-refractivity contribution >= 4 is 34.7 Å². The Morgan fingerprint density at radius 3 is 2.60 bits per heavy atom. The minimum atomic E-state index is -0.307. The monoisotopic (exact) mass is 359 g/mol. The zero-order valence-corrected chi connectivity index (χ0v) is 14.3. The number of anilines is 4. The lowest BCUT2D eigenvalue weighted by atomic mass is 10.2. The summed E-state index contributed by atoms with van der Waals surface area (Å²) in [6.07, 6.45) is 1.47. The van der Waals surface area contributed by atoms with Gasteiger partial charge in [0.1, 0.15) is 11.6 Å². The van der Waals surface area contributed by atoms with Gasteiger partial charge in [-0.15, -0.1) is 5.10 Å². The van der Waals surface area contributed by atoms with Crippen LogP contribution in [-0.4, -0.2) is 22.3 Å². The highest BCUT2D eigenvalue weighted by Crippen LogP contribution is 2.32. The molecule has 0 radical (unpaired) electrons.